The fourth-order valence-electron chi connectivity index (χ4n) is 2.78. The first-order valence-corrected chi connectivity index (χ1v) is 6.29. The Morgan fingerprint density at radius 1 is 1.50 bits per heavy atom. The van der Waals surface area contributed by atoms with Gasteiger partial charge in [0.2, 0.25) is 0 Å². The molecule has 4 heteroatoms. The number of ether oxygens (including phenoxy) is 1. The third kappa shape index (κ3) is 2.55. The summed E-state index contributed by atoms with van der Waals surface area (Å²) >= 11 is 0. The summed E-state index contributed by atoms with van der Waals surface area (Å²) in [6.45, 7) is 2.42. The normalized spacial score (nSPS) is 35.1. The minimum Gasteiger partial charge on any atom is -0.481 e. The van der Waals surface area contributed by atoms with Gasteiger partial charge in [-0.25, -0.2) is 0 Å². The lowest BCUT2D eigenvalue weighted by molar-refractivity contribution is -0.151. The quantitative estimate of drug-likeness (QED) is 0.762. The average Bonchev–Trinajstić information content (AvgIpc) is 2.80. The van der Waals surface area contributed by atoms with E-state index in [4.69, 9.17) is 4.74 Å². The lowest BCUT2D eigenvalue weighted by Crippen LogP contribution is -2.45. The van der Waals surface area contributed by atoms with E-state index in [1.807, 2.05) is 0 Å². The van der Waals surface area contributed by atoms with Crippen molar-refractivity contribution in [3.8, 4) is 0 Å². The van der Waals surface area contributed by atoms with Gasteiger partial charge in [-0.05, 0) is 45.1 Å². The van der Waals surface area contributed by atoms with Crippen LogP contribution in [0.1, 0.15) is 38.5 Å². The van der Waals surface area contributed by atoms with Crippen LogP contribution in [0.5, 0.6) is 0 Å². The highest BCUT2D eigenvalue weighted by Gasteiger charge is 2.39. The number of piperidine rings is 1. The number of carbonyl (C=O) groups is 1. The van der Waals surface area contributed by atoms with Crippen LogP contribution < -0.4 is 5.32 Å². The molecule has 2 rings (SSSR count). The highest BCUT2D eigenvalue weighted by molar-refractivity contribution is 5.75. The smallest absolute Gasteiger partial charge is 0.310 e. The Bertz CT molecular complexity index is 243. The molecule has 0 bridgehead atoms. The molecule has 2 saturated heterocycles. The molecule has 16 heavy (non-hydrogen) atoms. The molecule has 0 amide bonds. The van der Waals surface area contributed by atoms with Crippen LogP contribution >= 0.6 is 0 Å². The first-order chi connectivity index (χ1) is 7.73. The van der Waals surface area contributed by atoms with Crippen LogP contribution in [-0.2, 0) is 9.53 Å². The Labute approximate surface area is 96.4 Å². The number of rotatable bonds is 4. The fraction of sp³-hybridized carbons (Fsp3) is 0.917. The predicted molar refractivity (Wildman–Crippen MR) is 60.4 cm³/mol. The van der Waals surface area contributed by atoms with Gasteiger partial charge in [-0.3, -0.25) is 4.79 Å². The Kier molecular flexibility index (Phi) is 3.82. The van der Waals surface area contributed by atoms with E-state index in [2.05, 4.69) is 5.32 Å². The highest BCUT2D eigenvalue weighted by Crippen LogP contribution is 2.34. The Hall–Kier alpha value is -0.610. The lowest BCUT2D eigenvalue weighted by Gasteiger charge is -2.34. The predicted octanol–water partition coefficient (Wildman–Crippen LogP) is 1.40. The van der Waals surface area contributed by atoms with Crippen LogP contribution in [0.2, 0.25) is 0 Å². The molecule has 0 spiro atoms. The van der Waals surface area contributed by atoms with E-state index in [0.717, 1.165) is 51.7 Å². The summed E-state index contributed by atoms with van der Waals surface area (Å²) in [7, 11) is 0. The monoisotopic (exact) mass is 227 g/mol. The van der Waals surface area contributed by atoms with Crippen LogP contribution in [0.25, 0.3) is 0 Å². The minimum atomic E-state index is -0.641. The van der Waals surface area contributed by atoms with Crippen LogP contribution in [0.15, 0.2) is 0 Å². The number of hydrogen-bond donors (Lipinski definition) is 2. The highest BCUT2D eigenvalue weighted by atomic mass is 16.5. The van der Waals surface area contributed by atoms with Crippen molar-refractivity contribution in [3.63, 3.8) is 0 Å². The van der Waals surface area contributed by atoms with Gasteiger partial charge in [0.05, 0.1) is 11.5 Å². The SMILES string of the molecule is O=C(O)C1(CCC2CCCO2)CCCNC1. The van der Waals surface area contributed by atoms with Crippen molar-refractivity contribution in [2.45, 2.75) is 44.6 Å². The Balaban J connectivity index is 1.88. The van der Waals surface area contributed by atoms with Crippen molar-refractivity contribution in [2.75, 3.05) is 19.7 Å². The van der Waals surface area contributed by atoms with Crippen molar-refractivity contribution in [1.29, 1.82) is 0 Å². The Morgan fingerprint density at radius 3 is 2.94 bits per heavy atom. The topological polar surface area (TPSA) is 58.6 Å². The number of hydrogen-bond acceptors (Lipinski definition) is 3. The first kappa shape index (κ1) is 11.9. The molecule has 0 aromatic rings. The fourth-order valence-corrected chi connectivity index (χ4v) is 2.78. The summed E-state index contributed by atoms with van der Waals surface area (Å²) < 4.78 is 5.56. The number of carboxylic acids is 1. The number of nitrogens with one attached hydrogen (secondary N) is 1. The average molecular weight is 227 g/mol. The molecule has 2 heterocycles. The van der Waals surface area contributed by atoms with E-state index >= 15 is 0 Å². The van der Waals surface area contributed by atoms with E-state index in [9.17, 15) is 9.90 Å². The van der Waals surface area contributed by atoms with E-state index in [-0.39, 0.29) is 0 Å². The van der Waals surface area contributed by atoms with Gasteiger partial charge in [0, 0.05) is 13.2 Å². The van der Waals surface area contributed by atoms with Crippen molar-refractivity contribution in [1.82, 2.24) is 5.32 Å². The molecule has 0 radical (unpaired) electrons. The van der Waals surface area contributed by atoms with Gasteiger partial charge in [0.25, 0.3) is 0 Å². The second kappa shape index (κ2) is 5.15. The maximum Gasteiger partial charge on any atom is 0.310 e. The van der Waals surface area contributed by atoms with Gasteiger partial charge in [0.15, 0.2) is 0 Å². The summed E-state index contributed by atoms with van der Waals surface area (Å²) in [5.41, 5.74) is -0.537. The van der Waals surface area contributed by atoms with Crippen LogP contribution in [-0.4, -0.2) is 36.9 Å². The standard InChI is InChI=1S/C12H21NO3/c14-11(15)12(5-2-7-13-9-12)6-4-10-3-1-8-16-10/h10,13H,1-9H2,(H,14,15). The van der Waals surface area contributed by atoms with E-state index < -0.39 is 11.4 Å². The molecule has 2 unspecified atom stereocenters. The molecular weight excluding hydrogens is 206 g/mol. The van der Waals surface area contributed by atoms with Gasteiger partial charge in [-0.15, -0.1) is 0 Å². The third-order valence-corrected chi connectivity index (χ3v) is 3.89. The van der Waals surface area contributed by atoms with Crippen molar-refractivity contribution < 1.29 is 14.6 Å². The molecule has 2 N–H and O–H groups in total. The lowest BCUT2D eigenvalue weighted by atomic mass is 9.76. The summed E-state index contributed by atoms with van der Waals surface area (Å²) in [5, 5.41) is 12.6. The zero-order chi connectivity index (χ0) is 11.4. The molecule has 92 valence electrons. The van der Waals surface area contributed by atoms with Gasteiger partial charge >= 0.3 is 5.97 Å². The van der Waals surface area contributed by atoms with E-state index in [1.54, 1.807) is 0 Å². The first-order valence-electron chi connectivity index (χ1n) is 6.29. The molecule has 2 fully saturated rings. The third-order valence-electron chi connectivity index (χ3n) is 3.89. The second-order valence-electron chi connectivity index (χ2n) is 5.04. The van der Waals surface area contributed by atoms with Crippen LogP contribution in [0.3, 0.4) is 0 Å². The summed E-state index contributed by atoms with van der Waals surface area (Å²) in [6.07, 6.45) is 5.96. The summed E-state index contributed by atoms with van der Waals surface area (Å²) in [4.78, 5) is 11.4. The summed E-state index contributed by atoms with van der Waals surface area (Å²) in [6, 6.07) is 0. The molecule has 0 aliphatic carbocycles. The number of carboxylic acid groups (broad SMARTS) is 1. The largest absolute Gasteiger partial charge is 0.481 e. The second-order valence-corrected chi connectivity index (χ2v) is 5.04. The molecule has 0 aromatic carbocycles. The van der Waals surface area contributed by atoms with Crippen LogP contribution in [0, 0.1) is 5.41 Å². The Morgan fingerprint density at radius 2 is 2.38 bits per heavy atom. The maximum atomic E-state index is 11.4. The number of aliphatic carboxylic acids is 1. The van der Waals surface area contributed by atoms with Gasteiger partial charge in [-0.1, -0.05) is 0 Å². The minimum absolute atomic E-state index is 0.304. The van der Waals surface area contributed by atoms with Crippen molar-refractivity contribution in [3.05, 3.63) is 0 Å². The van der Waals surface area contributed by atoms with Crippen molar-refractivity contribution >= 4 is 5.97 Å². The van der Waals surface area contributed by atoms with Crippen LogP contribution in [0.4, 0.5) is 0 Å². The van der Waals surface area contributed by atoms with E-state index in [0.29, 0.717) is 12.6 Å². The molecular formula is C12H21NO3. The van der Waals surface area contributed by atoms with E-state index in [1.165, 1.54) is 0 Å². The molecule has 4 nitrogen and oxygen atoms in total. The molecule has 2 aliphatic heterocycles. The molecule has 0 aromatic heterocycles. The zero-order valence-electron chi connectivity index (χ0n) is 9.71. The van der Waals surface area contributed by atoms with Gasteiger partial charge in [0.1, 0.15) is 0 Å². The van der Waals surface area contributed by atoms with Crippen molar-refractivity contribution in [2.24, 2.45) is 5.41 Å². The molecule has 2 atom stereocenters. The summed E-state index contributed by atoms with van der Waals surface area (Å²) in [5.74, 6) is -0.641. The van der Waals surface area contributed by atoms with Gasteiger partial charge in [-0.2, -0.15) is 0 Å². The maximum absolute atomic E-state index is 11.4. The molecule has 0 saturated carbocycles. The van der Waals surface area contributed by atoms with Gasteiger partial charge < -0.3 is 15.2 Å². The molecule has 2 aliphatic rings. The zero-order valence-corrected chi connectivity index (χ0v) is 9.71.